The summed E-state index contributed by atoms with van der Waals surface area (Å²) in [6.45, 7) is 0. The van der Waals surface area contributed by atoms with Gasteiger partial charge in [0.1, 0.15) is 23.1 Å². The average Bonchev–Trinajstić information content (AvgIpc) is 2.61. The fraction of sp³-hybridized carbons (Fsp3) is 0.0526. The first-order chi connectivity index (χ1) is 11.6. The van der Waals surface area contributed by atoms with Crippen LogP contribution in [0, 0.1) is 11.3 Å². The van der Waals surface area contributed by atoms with Crippen molar-refractivity contribution < 1.29 is 9.84 Å². The number of nitriles is 1. The standard InChI is InChI=1S/C19H14N2O3/c1-24-13-8-6-12(7-9-13)17-10-15(16(11-20)19(23)21-17)14-4-2-3-5-18(14)22/h2-10,22H,1H3,(H,21,23). The van der Waals surface area contributed by atoms with Gasteiger partial charge in [0.2, 0.25) is 0 Å². The highest BCUT2D eigenvalue weighted by atomic mass is 16.5. The first-order valence-corrected chi connectivity index (χ1v) is 7.24. The quantitative estimate of drug-likeness (QED) is 0.776. The monoisotopic (exact) mass is 318 g/mol. The number of hydrogen-bond acceptors (Lipinski definition) is 4. The van der Waals surface area contributed by atoms with Crippen molar-refractivity contribution in [2.45, 2.75) is 0 Å². The Labute approximate surface area is 138 Å². The number of phenols is 1. The summed E-state index contributed by atoms with van der Waals surface area (Å²) in [4.78, 5) is 15.0. The van der Waals surface area contributed by atoms with Crippen molar-refractivity contribution >= 4 is 0 Å². The van der Waals surface area contributed by atoms with Gasteiger partial charge in [-0.05, 0) is 42.0 Å². The number of pyridine rings is 1. The van der Waals surface area contributed by atoms with Crippen LogP contribution < -0.4 is 10.3 Å². The van der Waals surface area contributed by atoms with Crippen LogP contribution in [0.3, 0.4) is 0 Å². The lowest BCUT2D eigenvalue weighted by molar-refractivity contribution is 0.415. The topological polar surface area (TPSA) is 86.1 Å². The largest absolute Gasteiger partial charge is 0.507 e. The second-order valence-corrected chi connectivity index (χ2v) is 5.16. The van der Waals surface area contributed by atoms with Gasteiger partial charge in [-0.2, -0.15) is 5.26 Å². The number of benzene rings is 2. The molecule has 3 aromatic rings. The van der Waals surface area contributed by atoms with Gasteiger partial charge < -0.3 is 14.8 Å². The number of phenolic OH excluding ortho intramolecular Hbond substituents is 1. The van der Waals surface area contributed by atoms with Crippen LogP contribution >= 0.6 is 0 Å². The van der Waals surface area contributed by atoms with Gasteiger partial charge in [0.15, 0.2) is 0 Å². The predicted molar refractivity (Wildman–Crippen MR) is 90.9 cm³/mol. The number of nitrogens with one attached hydrogen (secondary N) is 1. The molecule has 3 rings (SSSR count). The van der Waals surface area contributed by atoms with E-state index in [1.54, 1.807) is 43.5 Å². The van der Waals surface area contributed by atoms with Crippen LogP contribution in [0.5, 0.6) is 11.5 Å². The van der Waals surface area contributed by atoms with Crippen molar-refractivity contribution in [1.29, 1.82) is 5.26 Å². The van der Waals surface area contributed by atoms with Crippen LogP contribution in [-0.4, -0.2) is 17.2 Å². The average molecular weight is 318 g/mol. The Morgan fingerprint density at radius 1 is 1.08 bits per heavy atom. The minimum absolute atomic E-state index is 0.0141. The van der Waals surface area contributed by atoms with E-state index in [0.717, 1.165) is 5.56 Å². The highest BCUT2D eigenvalue weighted by Crippen LogP contribution is 2.32. The molecule has 1 aromatic heterocycles. The molecule has 24 heavy (non-hydrogen) atoms. The van der Waals surface area contributed by atoms with Gasteiger partial charge in [-0.15, -0.1) is 0 Å². The van der Waals surface area contributed by atoms with Crippen molar-refractivity contribution in [1.82, 2.24) is 4.98 Å². The number of aromatic amines is 1. The molecule has 0 aliphatic heterocycles. The molecule has 0 saturated heterocycles. The van der Waals surface area contributed by atoms with E-state index in [1.807, 2.05) is 18.2 Å². The molecule has 0 fully saturated rings. The van der Waals surface area contributed by atoms with Gasteiger partial charge in [0.05, 0.1) is 7.11 Å². The lowest BCUT2D eigenvalue weighted by Gasteiger charge is -2.10. The molecular weight excluding hydrogens is 304 g/mol. The third kappa shape index (κ3) is 2.73. The number of ether oxygens (including phenoxy) is 1. The summed E-state index contributed by atoms with van der Waals surface area (Å²) in [7, 11) is 1.58. The molecule has 0 bridgehead atoms. The Morgan fingerprint density at radius 3 is 2.42 bits per heavy atom. The first kappa shape index (κ1) is 15.4. The number of methoxy groups -OCH3 is 1. The number of para-hydroxylation sites is 1. The van der Waals surface area contributed by atoms with E-state index < -0.39 is 5.56 Å². The molecule has 5 heteroatoms. The Morgan fingerprint density at radius 2 is 1.79 bits per heavy atom. The summed E-state index contributed by atoms with van der Waals surface area (Å²) in [6.07, 6.45) is 0. The lowest BCUT2D eigenvalue weighted by Crippen LogP contribution is -2.12. The maximum atomic E-state index is 12.3. The van der Waals surface area contributed by atoms with E-state index >= 15 is 0 Å². The minimum atomic E-state index is -0.496. The molecular formula is C19H14N2O3. The molecule has 0 saturated carbocycles. The fourth-order valence-electron chi connectivity index (χ4n) is 2.51. The number of nitrogens with zero attached hydrogens (tertiary/aromatic N) is 1. The molecule has 0 spiro atoms. The van der Waals surface area contributed by atoms with E-state index in [2.05, 4.69) is 4.98 Å². The predicted octanol–water partition coefficient (Wildman–Crippen LogP) is 3.29. The molecule has 0 aliphatic rings. The lowest BCUT2D eigenvalue weighted by atomic mass is 9.98. The number of aromatic hydroxyl groups is 1. The van der Waals surface area contributed by atoms with Gasteiger partial charge >= 0.3 is 0 Å². The summed E-state index contributed by atoms with van der Waals surface area (Å²) in [6, 6.07) is 17.4. The molecule has 0 amide bonds. The zero-order valence-corrected chi connectivity index (χ0v) is 12.9. The molecule has 0 radical (unpaired) electrons. The zero-order valence-electron chi connectivity index (χ0n) is 12.9. The Hall–Kier alpha value is -3.52. The zero-order chi connectivity index (χ0) is 17.1. The van der Waals surface area contributed by atoms with Crippen molar-refractivity contribution in [2.24, 2.45) is 0 Å². The Balaban J connectivity index is 2.22. The van der Waals surface area contributed by atoms with E-state index in [9.17, 15) is 15.2 Å². The van der Waals surface area contributed by atoms with Crippen LogP contribution in [0.1, 0.15) is 5.56 Å². The van der Waals surface area contributed by atoms with Crippen molar-refractivity contribution in [3.63, 3.8) is 0 Å². The maximum Gasteiger partial charge on any atom is 0.266 e. The van der Waals surface area contributed by atoms with Gasteiger partial charge in [0.25, 0.3) is 5.56 Å². The molecule has 1 heterocycles. The summed E-state index contributed by atoms with van der Waals surface area (Å²) < 4.78 is 5.13. The smallest absolute Gasteiger partial charge is 0.266 e. The maximum absolute atomic E-state index is 12.3. The van der Waals surface area contributed by atoms with Gasteiger partial charge in [-0.25, -0.2) is 0 Å². The van der Waals surface area contributed by atoms with E-state index in [-0.39, 0.29) is 11.3 Å². The molecule has 118 valence electrons. The van der Waals surface area contributed by atoms with Crippen LogP contribution in [0.2, 0.25) is 0 Å². The number of H-pyrrole nitrogens is 1. The van der Waals surface area contributed by atoms with Gasteiger partial charge in [-0.3, -0.25) is 4.79 Å². The summed E-state index contributed by atoms with van der Waals surface area (Å²) in [5.74, 6) is 0.718. The van der Waals surface area contributed by atoms with Gasteiger partial charge in [-0.1, -0.05) is 18.2 Å². The van der Waals surface area contributed by atoms with Crippen LogP contribution in [0.15, 0.2) is 59.4 Å². The molecule has 2 aromatic carbocycles. The number of aromatic nitrogens is 1. The van der Waals surface area contributed by atoms with E-state index in [4.69, 9.17) is 4.74 Å². The second kappa shape index (κ2) is 6.31. The highest BCUT2D eigenvalue weighted by Gasteiger charge is 2.14. The normalized spacial score (nSPS) is 10.2. The SMILES string of the molecule is COc1ccc(-c2cc(-c3ccccc3O)c(C#N)c(=O)[nH]2)cc1. The van der Waals surface area contributed by atoms with E-state index in [0.29, 0.717) is 22.6 Å². The van der Waals surface area contributed by atoms with Crippen molar-refractivity contribution in [3.8, 4) is 40.0 Å². The third-order valence-electron chi connectivity index (χ3n) is 3.74. The molecule has 2 N–H and O–H groups in total. The fourth-order valence-corrected chi connectivity index (χ4v) is 2.51. The minimum Gasteiger partial charge on any atom is -0.507 e. The van der Waals surface area contributed by atoms with Crippen LogP contribution in [0.25, 0.3) is 22.4 Å². The molecule has 5 nitrogen and oxygen atoms in total. The van der Waals surface area contributed by atoms with E-state index in [1.165, 1.54) is 6.07 Å². The third-order valence-corrected chi connectivity index (χ3v) is 3.74. The summed E-state index contributed by atoms with van der Waals surface area (Å²) in [5.41, 5.74) is 1.63. The summed E-state index contributed by atoms with van der Waals surface area (Å²) in [5, 5.41) is 19.4. The second-order valence-electron chi connectivity index (χ2n) is 5.16. The number of rotatable bonds is 3. The van der Waals surface area contributed by atoms with Gasteiger partial charge in [0, 0.05) is 16.8 Å². The van der Waals surface area contributed by atoms with Crippen LogP contribution in [0.4, 0.5) is 0 Å². The molecule has 0 unspecified atom stereocenters. The Kier molecular flexibility index (Phi) is 4.04. The Bertz CT molecular complexity index is 983. The molecule has 0 atom stereocenters. The van der Waals surface area contributed by atoms with Crippen LogP contribution in [-0.2, 0) is 0 Å². The first-order valence-electron chi connectivity index (χ1n) is 7.24. The number of hydrogen-bond donors (Lipinski definition) is 2. The molecule has 0 aliphatic carbocycles. The van der Waals surface area contributed by atoms with Crippen molar-refractivity contribution in [3.05, 3.63) is 70.5 Å². The van der Waals surface area contributed by atoms with Crippen molar-refractivity contribution in [2.75, 3.05) is 7.11 Å². The highest BCUT2D eigenvalue weighted by molar-refractivity contribution is 5.78. The summed E-state index contributed by atoms with van der Waals surface area (Å²) >= 11 is 0.